The number of aromatic hydroxyl groups is 1. The molecule has 14 nitrogen and oxygen atoms in total. The Labute approximate surface area is 224 Å². The molecule has 14 heteroatoms. The van der Waals surface area contributed by atoms with Crippen molar-refractivity contribution in [1.82, 2.24) is 25.9 Å². The summed E-state index contributed by atoms with van der Waals surface area (Å²) in [5.41, 5.74) is 7.06. The second kappa shape index (κ2) is 14.5. The lowest BCUT2D eigenvalue weighted by Crippen LogP contribution is -2.58. The third-order valence-corrected chi connectivity index (χ3v) is 6.17. The van der Waals surface area contributed by atoms with Gasteiger partial charge in [0.25, 0.3) is 0 Å². The summed E-state index contributed by atoms with van der Waals surface area (Å²) in [6.07, 6.45) is 2.35. The number of carboxylic acids is 2. The van der Waals surface area contributed by atoms with Crippen LogP contribution in [0, 0.1) is 5.92 Å². The molecule has 0 fully saturated rings. The van der Waals surface area contributed by atoms with Crippen molar-refractivity contribution in [1.29, 1.82) is 0 Å². The van der Waals surface area contributed by atoms with Gasteiger partial charge in [0.15, 0.2) is 0 Å². The fourth-order valence-electron chi connectivity index (χ4n) is 3.60. The highest BCUT2D eigenvalue weighted by molar-refractivity contribution is 5.95. The molecule has 0 aliphatic carbocycles. The van der Waals surface area contributed by atoms with E-state index in [-0.39, 0.29) is 24.5 Å². The van der Waals surface area contributed by atoms with Gasteiger partial charge in [-0.05, 0) is 23.6 Å². The molecule has 2 aromatic rings. The van der Waals surface area contributed by atoms with Gasteiger partial charge < -0.3 is 42.0 Å². The van der Waals surface area contributed by atoms with Crippen molar-refractivity contribution < 1.29 is 39.3 Å². The lowest BCUT2D eigenvalue weighted by Gasteiger charge is -2.26. The number of aromatic amines is 1. The maximum Gasteiger partial charge on any atom is 0.326 e. The number of phenolic OH excluding ortho intramolecular Hbond substituents is 1. The predicted octanol–water partition coefficient (Wildman–Crippen LogP) is -0.712. The smallest absolute Gasteiger partial charge is 0.326 e. The van der Waals surface area contributed by atoms with Gasteiger partial charge in [-0.1, -0.05) is 32.4 Å². The van der Waals surface area contributed by atoms with Crippen molar-refractivity contribution in [2.45, 2.75) is 63.7 Å². The van der Waals surface area contributed by atoms with Gasteiger partial charge in [-0.3, -0.25) is 19.2 Å². The van der Waals surface area contributed by atoms with Crippen LogP contribution in [0.2, 0.25) is 0 Å². The van der Waals surface area contributed by atoms with Crippen molar-refractivity contribution >= 4 is 29.7 Å². The van der Waals surface area contributed by atoms with E-state index >= 15 is 0 Å². The number of H-pyrrole nitrogens is 1. The van der Waals surface area contributed by atoms with Gasteiger partial charge in [0.2, 0.25) is 17.7 Å². The Morgan fingerprint density at radius 1 is 0.923 bits per heavy atom. The first-order chi connectivity index (χ1) is 18.4. The maximum absolute atomic E-state index is 13.4. The molecular weight excluding hydrogens is 512 g/mol. The van der Waals surface area contributed by atoms with Crippen LogP contribution in [-0.2, 0) is 36.8 Å². The van der Waals surface area contributed by atoms with Crippen molar-refractivity contribution in [3.63, 3.8) is 0 Å². The van der Waals surface area contributed by atoms with E-state index in [2.05, 4.69) is 25.9 Å². The number of carbonyl (C=O) groups is 5. The maximum atomic E-state index is 13.4. The lowest BCUT2D eigenvalue weighted by atomic mass is 9.98. The molecule has 0 aliphatic rings. The average molecular weight is 547 g/mol. The van der Waals surface area contributed by atoms with Gasteiger partial charge >= 0.3 is 11.9 Å². The van der Waals surface area contributed by atoms with E-state index < -0.39 is 60.2 Å². The minimum Gasteiger partial charge on any atom is -0.508 e. The van der Waals surface area contributed by atoms with E-state index in [0.29, 0.717) is 17.7 Å². The number of benzene rings is 1. The SMILES string of the molecule is CCC(C)C(N)C(=O)NC(Cc1ccc(O)cc1)C(=O)NC(Cc1cnc[nH]1)C(=O)NC(CC(=O)O)C(=O)O. The number of aromatic nitrogens is 2. The molecule has 1 heterocycles. The molecule has 212 valence electrons. The van der Waals surface area contributed by atoms with Crippen LogP contribution < -0.4 is 21.7 Å². The Morgan fingerprint density at radius 3 is 2.00 bits per heavy atom. The number of amides is 3. The van der Waals surface area contributed by atoms with Crippen LogP contribution in [-0.4, -0.2) is 79.1 Å². The zero-order chi connectivity index (χ0) is 29.1. The molecule has 0 radical (unpaired) electrons. The van der Waals surface area contributed by atoms with Crippen molar-refractivity contribution in [3.05, 3.63) is 48.0 Å². The summed E-state index contributed by atoms with van der Waals surface area (Å²) in [6.45, 7) is 3.66. The molecule has 0 aliphatic heterocycles. The summed E-state index contributed by atoms with van der Waals surface area (Å²) in [4.78, 5) is 68.4. The Morgan fingerprint density at radius 2 is 1.49 bits per heavy atom. The van der Waals surface area contributed by atoms with Crippen LogP contribution in [0.3, 0.4) is 0 Å². The van der Waals surface area contributed by atoms with E-state index in [4.69, 9.17) is 10.8 Å². The number of imidazole rings is 1. The Hall–Kier alpha value is -4.46. The number of aliphatic carboxylic acids is 2. The number of nitrogens with two attached hydrogens (primary N) is 1. The van der Waals surface area contributed by atoms with Gasteiger partial charge in [0, 0.05) is 24.7 Å². The van der Waals surface area contributed by atoms with Gasteiger partial charge in [-0.15, -0.1) is 0 Å². The van der Waals surface area contributed by atoms with Crippen LogP contribution in [0.5, 0.6) is 5.75 Å². The third kappa shape index (κ3) is 9.74. The number of nitrogens with one attached hydrogen (secondary N) is 4. The summed E-state index contributed by atoms with van der Waals surface area (Å²) in [6, 6.07) is 0.779. The molecule has 5 unspecified atom stereocenters. The van der Waals surface area contributed by atoms with Crippen LogP contribution in [0.1, 0.15) is 37.9 Å². The van der Waals surface area contributed by atoms with E-state index in [9.17, 15) is 34.2 Å². The van der Waals surface area contributed by atoms with Crippen LogP contribution >= 0.6 is 0 Å². The Balaban J connectivity index is 2.31. The molecule has 0 saturated carbocycles. The summed E-state index contributed by atoms with van der Waals surface area (Å²) in [5.74, 6) is -5.46. The molecule has 39 heavy (non-hydrogen) atoms. The summed E-state index contributed by atoms with van der Waals surface area (Å²) >= 11 is 0. The number of carboxylic acid groups (broad SMARTS) is 2. The van der Waals surface area contributed by atoms with Crippen molar-refractivity contribution in [2.24, 2.45) is 11.7 Å². The summed E-state index contributed by atoms with van der Waals surface area (Å²) in [5, 5.41) is 35.2. The molecule has 0 saturated heterocycles. The fraction of sp³-hybridized carbons (Fsp3) is 0.440. The number of phenols is 1. The Kier molecular flexibility index (Phi) is 11.4. The number of nitrogens with zero attached hydrogens (tertiary/aromatic N) is 1. The first-order valence-electron chi connectivity index (χ1n) is 12.3. The fourth-order valence-corrected chi connectivity index (χ4v) is 3.60. The van der Waals surface area contributed by atoms with Crippen LogP contribution in [0.4, 0.5) is 0 Å². The Bertz CT molecular complexity index is 1140. The minimum absolute atomic E-state index is 0.00761. The molecule has 0 spiro atoms. The summed E-state index contributed by atoms with van der Waals surface area (Å²) < 4.78 is 0. The molecule has 1 aromatic carbocycles. The van der Waals surface area contributed by atoms with E-state index in [1.165, 1.54) is 24.7 Å². The van der Waals surface area contributed by atoms with Gasteiger partial charge in [-0.2, -0.15) is 0 Å². The first-order valence-corrected chi connectivity index (χ1v) is 12.3. The largest absolute Gasteiger partial charge is 0.508 e. The van der Waals surface area contributed by atoms with Gasteiger partial charge in [0.05, 0.1) is 18.8 Å². The lowest BCUT2D eigenvalue weighted by molar-refractivity contribution is -0.147. The monoisotopic (exact) mass is 546 g/mol. The zero-order valence-corrected chi connectivity index (χ0v) is 21.6. The van der Waals surface area contributed by atoms with Crippen LogP contribution in [0.15, 0.2) is 36.8 Å². The number of carbonyl (C=O) groups excluding carboxylic acids is 3. The zero-order valence-electron chi connectivity index (χ0n) is 21.6. The van der Waals surface area contributed by atoms with Crippen molar-refractivity contribution in [3.8, 4) is 5.75 Å². The second-order valence-corrected chi connectivity index (χ2v) is 9.18. The second-order valence-electron chi connectivity index (χ2n) is 9.18. The number of hydrogen-bond acceptors (Lipinski definition) is 8. The minimum atomic E-state index is -1.74. The van der Waals surface area contributed by atoms with Gasteiger partial charge in [0.1, 0.15) is 23.9 Å². The highest BCUT2D eigenvalue weighted by Crippen LogP contribution is 2.13. The highest BCUT2D eigenvalue weighted by Gasteiger charge is 2.32. The average Bonchev–Trinajstić information content (AvgIpc) is 3.40. The molecule has 1 aromatic heterocycles. The van der Waals surface area contributed by atoms with E-state index in [1.54, 1.807) is 19.1 Å². The van der Waals surface area contributed by atoms with E-state index in [1.807, 2.05) is 6.92 Å². The van der Waals surface area contributed by atoms with Crippen molar-refractivity contribution in [2.75, 3.05) is 0 Å². The summed E-state index contributed by atoms with van der Waals surface area (Å²) in [7, 11) is 0. The third-order valence-electron chi connectivity index (χ3n) is 6.17. The standard InChI is InChI=1S/C25H34N6O8/c1-3-13(2)21(26)24(37)30-17(8-14-4-6-16(32)7-5-14)22(35)29-18(9-15-11-27-12-28-15)23(36)31-19(25(38)39)10-20(33)34/h4-7,11-13,17-19,21,32H,3,8-10,26H2,1-2H3,(H,27,28)(H,29,35)(H,30,37)(H,31,36)(H,33,34)(H,38,39). The molecule has 2 rings (SSSR count). The molecule has 0 bridgehead atoms. The predicted molar refractivity (Wildman–Crippen MR) is 137 cm³/mol. The molecule has 3 amide bonds. The number of hydrogen-bond donors (Lipinski definition) is 8. The normalized spacial score (nSPS) is 14.7. The quantitative estimate of drug-likeness (QED) is 0.140. The molecule has 5 atom stereocenters. The first kappa shape index (κ1) is 30.8. The topological polar surface area (TPSA) is 237 Å². The van der Waals surface area contributed by atoms with Gasteiger partial charge in [-0.25, -0.2) is 9.78 Å². The number of rotatable bonds is 15. The molecular formula is C25H34N6O8. The highest BCUT2D eigenvalue weighted by atomic mass is 16.4. The van der Waals surface area contributed by atoms with Crippen LogP contribution in [0.25, 0.3) is 0 Å². The molecule has 9 N–H and O–H groups in total. The van der Waals surface area contributed by atoms with E-state index in [0.717, 1.165) is 0 Å².